The highest BCUT2D eigenvalue weighted by Crippen LogP contribution is 2.36. The van der Waals surface area contributed by atoms with Crippen LogP contribution in [0.5, 0.6) is 5.88 Å². The number of carbonyl (C=O) groups excluding carboxylic acids is 1. The van der Waals surface area contributed by atoms with E-state index in [9.17, 15) is 10.1 Å². The minimum Gasteiger partial charge on any atom is -0.484 e. The number of nitriles is 1. The Morgan fingerprint density at radius 3 is 2.66 bits per heavy atom. The van der Waals surface area contributed by atoms with Crippen molar-refractivity contribution in [2.75, 3.05) is 31.7 Å². The van der Waals surface area contributed by atoms with E-state index in [0.717, 1.165) is 37.2 Å². The number of dihydropyridines is 1. The van der Waals surface area contributed by atoms with E-state index in [-0.39, 0.29) is 18.0 Å². The zero-order valence-corrected chi connectivity index (χ0v) is 21.3. The molecule has 2 atom stereocenters. The molecule has 0 aliphatic carbocycles. The molecule has 0 spiro atoms. The number of aromatic nitrogens is 2. The number of ketones is 1. The molecular weight excluding hydrogens is 482 g/mol. The molecule has 4 aliphatic heterocycles. The van der Waals surface area contributed by atoms with E-state index in [1.807, 2.05) is 24.4 Å². The van der Waals surface area contributed by atoms with Gasteiger partial charge in [-0.1, -0.05) is 6.07 Å². The fourth-order valence-corrected chi connectivity index (χ4v) is 5.06. The van der Waals surface area contributed by atoms with Gasteiger partial charge >= 0.3 is 0 Å². The van der Waals surface area contributed by atoms with Crippen molar-refractivity contribution in [2.45, 2.75) is 32.0 Å². The van der Waals surface area contributed by atoms with Crippen LogP contribution < -0.4 is 15.0 Å². The molecule has 0 radical (unpaired) electrons. The number of piperidine rings is 1. The van der Waals surface area contributed by atoms with Gasteiger partial charge in [0, 0.05) is 73.7 Å². The molecule has 2 N–H and O–H groups in total. The normalized spacial score (nSPS) is 21.7. The van der Waals surface area contributed by atoms with Crippen molar-refractivity contribution >= 4 is 23.4 Å². The topological polar surface area (TPSA) is 127 Å². The summed E-state index contributed by atoms with van der Waals surface area (Å²) in [5.74, 6) is 1.90. The van der Waals surface area contributed by atoms with Crippen LogP contribution in [-0.2, 0) is 16.1 Å². The summed E-state index contributed by atoms with van der Waals surface area (Å²) in [7, 11) is 1.62. The Morgan fingerprint density at radius 1 is 1.24 bits per heavy atom. The van der Waals surface area contributed by atoms with Gasteiger partial charge in [0.15, 0.2) is 5.78 Å². The number of fused-ring (bicyclic) bond motifs is 2. The highest BCUT2D eigenvalue weighted by Gasteiger charge is 2.44. The summed E-state index contributed by atoms with van der Waals surface area (Å²) in [4.78, 5) is 25.3. The van der Waals surface area contributed by atoms with E-state index >= 15 is 0 Å². The number of Topliss-reactive ketones (excluding diaryl/α,β-unsaturated/α-hetero) is 1. The van der Waals surface area contributed by atoms with Crippen molar-refractivity contribution in [1.82, 2.24) is 20.2 Å². The van der Waals surface area contributed by atoms with Gasteiger partial charge in [0.2, 0.25) is 5.88 Å². The van der Waals surface area contributed by atoms with Crippen LogP contribution in [0.15, 0.2) is 66.0 Å². The van der Waals surface area contributed by atoms with Crippen LogP contribution in [-0.4, -0.2) is 65.8 Å². The summed E-state index contributed by atoms with van der Waals surface area (Å²) in [5, 5.41) is 20.2. The van der Waals surface area contributed by atoms with E-state index in [1.165, 1.54) is 18.9 Å². The van der Waals surface area contributed by atoms with Gasteiger partial charge in [0.25, 0.3) is 0 Å². The van der Waals surface area contributed by atoms with Crippen molar-refractivity contribution < 1.29 is 14.3 Å². The van der Waals surface area contributed by atoms with E-state index < -0.39 is 0 Å². The number of hydrogen-bond acceptors (Lipinski definition) is 10. The molecule has 0 amide bonds. The lowest BCUT2D eigenvalue weighted by Crippen LogP contribution is -2.68. The van der Waals surface area contributed by atoms with Crippen LogP contribution in [0.4, 0.5) is 5.82 Å². The predicted octanol–water partition coefficient (Wildman–Crippen LogP) is 2.81. The first-order chi connectivity index (χ1) is 18.5. The van der Waals surface area contributed by atoms with Gasteiger partial charge in [-0.2, -0.15) is 5.26 Å². The number of methoxy groups -OCH3 is 1. The zero-order chi connectivity index (χ0) is 26.6. The standard InChI is InChI=1S/C28H29N7O3/c1-18(36)17-38-24-8-25(28(33-13-24)21(9-29)10-30)20-4-5-26(31-12-20)34-15-22-7-23(16-34)35(22)14-19-3-6-27(37-2)32-11-19/h3-6,8-9,11-13,22-23,29,33H,7,14-17H2,1-2H3/b28-21+,29-9?. The molecular formula is C28H29N7O3. The largest absolute Gasteiger partial charge is 0.484 e. The molecule has 10 heteroatoms. The fourth-order valence-electron chi connectivity index (χ4n) is 5.06. The lowest BCUT2D eigenvalue weighted by Gasteiger charge is -2.56. The molecule has 3 saturated heterocycles. The zero-order valence-electron chi connectivity index (χ0n) is 21.3. The number of ether oxygens (including phenoxy) is 2. The second kappa shape index (κ2) is 10.9. The van der Waals surface area contributed by atoms with Gasteiger partial charge in [-0.3, -0.25) is 9.69 Å². The number of carbonyl (C=O) groups is 1. The summed E-state index contributed by atoms with van der Waals surface area (Å²) in [6.07, 6.45) is 9.19. The smallest absolute Gasteiger partial charge is 0.212 e. The summed E-state index contributed by atoms with van der Waals surface area (Å²) in [5.41, 5.74) is 3.31. The summed E-state index contributed by atoms with van der Waals surface area (Å²) < 4.78 is 10.7. The third-order valence-electron chi connectivity index (χ3n) is 6.99. The van der Waals surface area contributed by atoms with Gasteiger partial charge < -0.3 is 25.1 Å². The summed E-state index contributed by atoms with van der Waals surface area (Å²) in [6, 6.07) is 10.9. The molecule has 0 aromatic carbocycles. The quantitative estimate of drug-likeness (QED) is 0.386. The predicted molar refractivity (Wildman–Crippen MR) is 142 cm³/mol. The van der Waals surface area contributed by atoms with E-state index in [2.05, 4.69) is 32.2 Å². The Kier molecular flexibility index (Phi) is 7.20. The lowest BCUT2D eigenvalue weighted by atomic mass is 9.87. The van der Waals surface area contributed by atoms with Gasteiger partial charge in [0.1, 0.15) is 24.3 Å². The van der Waals surface area contributed by atoms with Crippen LogP contribution in [0, 0.1) is 16.7 Å². The lowest BCUT2D eigenvalue weighted by molar-refractivity contribution is -0.120. The van der Waals surface area contributed by atoms with Crippen molar-refractivity contribution in [3.8, 4) is 11.9 Å². The number of pyridine rings is 2. The number of rotatable bonds is 9. The van der Waals surface area contributed by atoms with Crippen LogP contribution in [0.1, 0.15) is 24.5 Å². The molecule has 6 rings (SSSR count). The highest BCUT2D eigenvalue weighted by molar-refractivity contribution is 5.93. The first-order valence-electron chi connectivity index (χ1n) is 12.4. The SMILES string of the molecule is COc1ccc(CN2C3CC2CN(c2ccc(C4=CC(OCC(C)=O)=CN/C4=C(/C#N)C=N)cn2)C3)cn1. The van der Waals surface area contributed by atoms with E-state index in [1.54, 1.807) is 25.6 Å². The van der Waals surface area contributed by atoms with Gasteiger partial charge in [-0.25, -0.2) is 9.97 Å². The average Bonchev–Trinajstić information content (AvgIpc) is 2.96. The Hall–Kier alpha value is -4.49. The molecule has 2 aromatic rings. The molecule has 4 aliphatic rings. The summed E-state index contributed by atoms with van der Waals surface area (Å²) >= 11 is 0. The minimum absolute atomic E-state index is 0.0491. The highest BCUT2D eigenvalue weighted by atomic mass is 16.5. The molecule has 0 saturated carbocycles. The summed E-state index contributed by atoms with van der Waals surface area (Å²) in [6.45, 7) is 4.09. The van der Waals surface area contributed by atoms with Crippen molar-refractivity contribution in [1.29, 1.82) is 10.7 Å². The first kappa shape index (κ1) is 25.2. The van der Waals surface area contributed by atoms with Crippen molar-refractivity contribution in [3.05, 3.63) is 77.1 Å². The number of anilines is 1. The van der Waals surface area contributed by atoms with Crippen LogP contribution in [0.2, 0.25) is 0 Å². The molecule has 194 valence electrons. The Labute approximate surface area is 221 Å². The monoisotopic (exact) mass is 511 g/mol. The number of piperazine rings is 1. The fraction of sp³-hybridized carbons (Fsp3) is 0.321. The molecule has 10 nitrogen and oxygen atoms in total. The maximum atomic E-state index is 11.4. The molecule has 2 aromatic heterocycles. The van der Waals surface area contributed by atoms with E-state index in [4.69, 9.17) is 19.9 Å². The minimum atomic E-state index is -0.0933. The number of allylic oxidation sites excluding steroid dienone is 3. The third-order valence-corrected chi connectivity index (χ3v) is 6.99. The second-order valence-electron chi connectivity index (χ2n) is 9.52. The number of nitrogens with one attached hydrogen (secondary N) is 2. The van der Waals surface area contributed by atoms with Crippen LogP contribution in [0.25, 0.3) is 5.57 Å². The van der Waals surface area contributed by atoms with Crippen molar-refractivity contribution in [2.24, 2.45) is 0 Å². The Balaban J connectivity index is 1.29. The van der Waals surface area contributed by atoms with Gasteiger partial charge in [0.05, 0.1) is 18.4 Å². The molecule has 2 bridgehead atoms. The molecule has 3 fully saturated rings. The van der Waals surface area contributed by atoms with Gasteiger partial charge in [-0.15, -0.1) is 0 Å². The number of hydrogen-bond donors (Lipinski definition) is 2. The Bertz CT molecular complexity index is 1340. The molecule has 6 heterocycles. The molecule has 38 heavy (non-hydrogen) atoms. The maximum Gasteiger partial charge on any atom is 0.212 e. The van der Waals surface area contributed by atoms with Crippen LogP contribution >= 0.6 is 0 Å². The third kappa shape index (κ3) is 5.14. The van der Waals surface area contributed by atoms with Gasteiger partial charge in [-0.05, 0) is 37.1 Å². The molecule has 2 unspecified atom stereocenters. The second-order valence-corrected chi connectivity index (χ2v) is 9.52. The van der Waals surface area contributed by atoms with Crippen LogP contribution in [0.3, 0.4) is 0 Å². The average molecular weight is 512 g/mol. The Morgan fingerprint density at radius 2 is 2.05 bits per heavy atom. The number of nitrogens with zero attached hydrogens (tertiary/aromatic N) is 5. The maximum absolute atomic E-state index is 11.4. The van der Waals surface area contributed by atoms with E-state index in [0.29, 0.717) is 35.0 Å². The van der Waals surface area contributed by atoms with Crippen molar-refractivity contribution in [3.63, 3.8) is 0 Å². The first-order valence-corrected chi connectivity index (χ1v) is 12.4.